The van der Waals surface area contributed by atoms with Crippen LogP contribution in [-0.2, 0) is 17.8 Å². The lowest BCUT2D eigenvalue weighted by atomic mass is 9.72. The SMILES string of the molecule is O=C1NNC(Cc2cccc(C(=O)N(CCO)Cc3ccccc3)c2)C2CCCCC12. The summed E-state index contributed by atoms with van der Waals surface area (Å²) >= 11 is 0. The molecule has 0 bridgehead atoms. The normalized spacial score (nSPS) is 23.0. The highest BCUT2D eigenvalue weighted by Gasteiger charge is 2.39. The molecule has 2 aromatic carbocycles. The summed E-state index contributed by atoms with van der Waals surface area (Å²) in [5.74, 6) is 0.465. The molecule has 0 spiro atoms. The van der Waals surface area contributed by atoms with E-state index in [1.807, 2.05) is 54.6 Å². The van der Waals surface area contributed by atoms with Gasteiger partial charge in [-0.3, -0.25) is 15.0 Å². The van der Waals surface area contributed by atoms with Gasteiger partial charge in [0, 0.05) is 30.6 Å². The molecule has 2 aliphatic rings. The molecule has 6 heteroatoms. The minimum Gasteiger partial charge on any atom is -0.395 e. The van der Waals surface area contributed by atoms with E-state index in [9.17, 15) is 14.7 Å². The highest BCUT2D eigenvalue weighted by Crippen LogP contribution is 2.35. The molecule has 164 valence electrons. The molecule has 1 saturated carbocycles. The maximum atomic E-state index is 13.2. The van der Waals surface area contributed by atoms with Crippen LogP contribution in [0.15, 0.2) is 54.6 Å². The third-order valence-corrected chi connectivity index (χ3v) is 6.56. The molecule has 2 fully saturated rings. The number of aliphatic hydroxyl groups excluding tert-OH is 1. The number of hydrazine groups is 1. The number of carbonyl (C=O) groups is 2. The number of rotatable bonds is 7. The van der Waals surface area contributed by atoms with E-state index in [1.165, 1.54) is 6.42 Å². The van der Waals surface area contributed by atoms with Crippen molar-refractivity contribution in [1.82, 2.24) is 15.8 Å². The summed E-state index contributed by atoms with van der Waals surface area (Å²) in [6.07, 6.45) is 5.08. The number of aliphatic hydroxyl groups is 1. The molecule has 31 heavy (non-hydrogen) atoms. The first-order valence-corrected chi connectivity index (χ1v) is 11.2. The highest BCUT2D eigenvalue weighted by molar-refractivity contribution is 5.94. The summed E-state index contributed by atoms with van der Waals surface area (Å²) in [7, 11) is 0. The van der Waals surface area contributed by atoms with Crippen molar-refractivity contribution >= 4 is 11.8 Å². The molecule has 0 radical (unpaired) electrons. The molecular weight excluding hydrogens is 390 g/mol. The Labute approximate surface area is 183 Å². The second-order valence-electron chi connectivity index (χ2n) is 8.64. The van der Waals surface area contributed by atoms with E-state index in [2.05, 4.69) is 10.9 Å². The number of hydrogen-bond donors (Lipinski definition) is 3. The average molecular weight is 422 g/mol. The Bertz CT molecular complexity index is 902. The summed E-state index contributed by atoms with van der Waals surface area (Å²) in [6, 6.07) is 17.7. The quantitative estimate of drug-likeness (QED) is 0.642. The number of fused-ring (bicyclic) bond motifs is 1. The van der Waals surface area contributed by atoms with Crippen molar-refractivity contribution in [3.8, 4) is 0 Å². The van der Waals surface area contributed by atoms with E-state index in [4.69, 9.17) is 0 Å². The molecule has 6 nitrogen and oxygen atoms in total. The lowest BCUT2D eigenvalue weighted by Crippen LogP contribution is -2.60. The Morgan fingerprint density at radius 1 is 1.03 bits per heavy atom. The highest BCUT2D eigenvalue weighted by atomic mass is 16.3. The van der Waals surface area contributed by atoms with E-state index < -0.39 is 0 Å². The maximum Gasteiger partial charge on any atom is 0.254 e. The lowest BCUT2D eigenvalue weighted by Gasteiger charge is -2.41. The van der Waals surface area contributed by atoms with Crippen molar-refractivity contribution in [2.45, 2.75) is 44.7 Å². The van der Waals surface area contributed by atoms with Crippen molar-refractivity contribution in [2.75, 3.05) is 13.2 Å². The number of amides is 2. The van der Waals surface area contributed by atoms with Crippen LogP contribution in [-0.4, -0.2) is 41.0 Å². The summed E-state index contributed by atoms with van der Waals surface area (Å²) in [5, 5.41) is 9.48. The molecule has 0 aromatic heterocycles. The van der Waals surface area contributed by atoms with Crippen molar-refractivity contribution in [2.24, 2.45) is 11.8 Å². The zero-order valence-electron chi connectivity index (χ0n) is 17.8. The van der Waals surface area contributed by atoms with E-state index in [-0.39, 0.29) is 36.9 Å². The second kappa shape index (κ2) is 10.1. The predicted octanol–water partition coefficient (Wildman–Crippen LogP) is 2.67. The van der Waals surface area contributed by atoms with Crippen LogP contribution < -0.4 is 10.9 Å². The number of hydrogen-bond acceptors (Lipinski definition) is 4. The minimum absolute atomic E-state index is 0.0764. The predicted molar refractivity (Wildman–Crippen MR) is 119 cm³/mol. The van der Waals surface area contributed by atoms with Crippen LogP contribution >= 0.6 is 0 Å². The zero-order chi connectivity index (χ0) is 21.6. The maximum absolute atomic E-state index is 13.2. The Morgan fingerprint density at radius 3 is 2.61 bits per heavy atom. The van der Waals surface area contributed by atoms with Crippen LogP contribution in [0, 0.1) is 11.8 Å². The van der Waals surface area contributed by atoms with Gasteiger partial charge in [-0.25, -0.2) is 5.43 Å². The van der Waals surface area contributed by atoms with Gasteiger partial charge in [-0.1, -0.05) is 55.3 Å². The molecular formula is C25H31N3O3. The third-order valence-electron chi connectivity index (χ3n) is 6.56. The summed E-state index contributed by atoms with van der Waals surface area (Å²) in [6.45, 7) is 0.676. The second-order valence-corrected chi connectivity index (χ2v) is 8.64. The largest absolute Gasteiger partial charge is 0.395 e. The molecule has 1 heterocycles. The van der Waals surface area contributed by atoms with Gasteiger partial charge in [0.15, 0.2) is 0 Å². The molecule has 2 aromatic rings. The topological polar surface area (TPSA) is 81.7 Å². The van der Waals surface area contributed by atoms with Gasteiger partial charge in [-0.05, 0) is 48.4 Å². The van der Waals surface area contributed by atoms with E-state index in [0.29, 0.717) is 18.0 Å². The summed E-state index contributed by atoms with van der Waals surface area (Å²) in [4.78, 5) is 27.1. The first-order chi connectivity index (χ1) is 15.2. The minimum atomic E-state index is -0.0831. The van der Waals surface area contributed by atoms with Crippen molar-refractivity contribution in [1.29, 1.82) is 0 Å². The van der Waals surface area contributed by atoms with Gasteiger partial charge < -0.3 is 10.0 Å². The molecule has 3 unspecified atom stereocenters. The Balaban J connectivity index is 1.47. The number of carbonyl (C=O) groups excluding carboxylic acids is 2. The first kappa shape index (κ1) is 21.5. The van der Waals surface area contributed by atoms with Crippen LogP contribution in [0.5, 0.6) is 0 Å². The van der Waals surface area contributed by atoms with Crippen LogP contribution in [0.2, 0.25) is 0 Å². The van der Waals surface area contributed by atoms with Crippen LogP contribution in [0.1, 0.15) is 47.2 Å². The van der Waals surface area contributed by atoms with E-state index >= 15 is 0 Å². The summed E-state index contributed by atoms with van der Waals surface area (Å²) < 4.78 is 0. The van der Waals surface area contributed by atoms with Crippen LogP contribution in [0.3, 0.4) is 0 Å². The van der Waals surface area contributed by atoms with Gasteiger partial charge >= 0.3 is 0 Å². The third kappa shape index (κ3) is 5.14. The molecule has 2 amide bonds. The smallest absolute Gasteiger partial charge is 0.254 e. The van der Waals surface area contributed by atoms with Gasteiger partial charge in [0.25, 0.3) is 5.91 Å². The molecule has 3 atom stereocenters. The molecule has 4 rings (SSSR count). The first-order valence-electron chi connectivity index (χ1n) is 11.2. The van der Waals surface area contributed by atoms with Crippen LogP contribution in [0.25, 0.3) is 0 Å². The Hall–Kier alpha value is -2.70. The fourth-order valence-electron chi connectivity index (χ4n) is 4.98. The van der Waals surface area contributed by atoms with Crippen molar-refractivity contribution < 1.29 is 14.7 Å². The molecule has 1 saturated heterocycles. The monoisotopic (exact) mass is 421 g/mol. The average Bonchev–Trinajstić information content (AvgIpc) is 2.81. The summed E-state index contributed by atoms with van der Waals surface area (Å²) in [5.41, 5.74) is 8.81. The Kier molecular flexibility index (Phi) is 6.99. The lowest BCUT2D eigenvalue weighted by molar-refractivity contribution is -0.133. The number of nitrogens with one attached hydrogen (secondary N) is 2. The van der Waals surface area contributed by atoms with Gasteiger partial charge in [0.1, 0.15) is 0 Å². The van der Waals surface area contributed by atoms with E-state index in [0.717, 1.165) is 36.8 Å². The van der Waals surface area contributed by atoms with Gasteiger partial charge in [0.2, 0.25) is 5.91 Å². The Morgan fingerprint density at radius 2 is 1.81 bits per heavy atom. The van der Waals surface area contributed by atoms with Crippen LogP contribution in [0.4, 0.5) is 0 Å². The van der Waals surface area contributed by atoms with Gasteiger partial charge in [0.05, 0.1) is 6.61 Å². The zero-order valence-corrected chi connectivity index (χ0v) is 17.8. The number of nitrogens with zero attached hydrogens (tertiary/aromatic N) is 1. The molecule has 1 aliphatic heterocycles. The standard InChI is InChI=1S/C25H31N3O3/c29-14-13-28(17-18-7-2-1-3-8-18)25(31)20-10-6-9-19(15-20)16-23-21-11-4-5-12-22(21)24(30)27-26-23/h1-3,6-10,15,21-23,26,29H,4-5,11-14,16-17H2,(H,27,30). The van der Waals surface area contributed by atoms with Crippen molar-refractivity contribution in [3.05, 3.63) is 71.3 Å². The van der Waals surface area contributed by atoms with Gasteiger partial charge in [-0.2, -0.15) is 0 Å². The van der Waals surface area contributed by atoms with Crippen molar-refractivity contribution in [3.63, 3.8) is 0 Å². The van der Waals surface area contributed by atoms with Gasteiger partial charge in [-0.15, -0.1) is 0 Å². The fourth-order valence-corrected chi connectivity index (χ4v) is 4.98. The molecule has 1 aliphatic carbocycles. The molecule has 3 N–H and O–H groups in total. The van der Waals surface area contributed by atoms with E-state index in [1.54, 1.807) is 4.90 Å². The number of benzene rings is 2. The fraction of sp³-hybridized carbons (Fsp3) is 0.440.